The number of hydrogen-bond donors (Lipinski definition) is 1. The van der Waals surface area contributed by atoms with E-state index < -0.39 is 24.0 Å². The normalized spacial score (nSPS) is 17.4. The van der Waals surface area contributed by atoms with Crippen LogP contribution in [0.1, 0.15) is 19.4 Å². The van der Waals surface area contributed by atoms with Crippen molar-refractivity contribution >= 4 is 23.5 Å². The maximum absolute atomic E-state index is 12.1. The van der Waals surface area contributed by atoms with Crippen LogP contribution >= 0.6 is 0 Å². The zero-order valence-corrected chi connectivity index (χ0v) is 12.2. The number of rotatable bonds is 3. The molecule has 0 radical (unpaired) electrons. The van der Waals surface area contributed by atoms with Gasteiger partial charge in [-0.1, -0.05) is 30.3 Å². The molecule has 2 rings (SSSR count). The number of hydrazine groups is 1. The van der Waals surface area contributed by atoms with Gasteiger partial charge in [0, 0.05) is 11.6 Å². The zero-order valence-electron chi connectivity index (χ0n) is 12.2. The number of esters is 1. The standard InChI is InChI=1S/C15H16N2O5/c1-3-21-15(20)14(19)16-17-10(2)22-12(9-13(17)18)11-7-5-4-6-8-11/h4-10H,3H2,1-2H3,(H,16,19)/t10-/m1/s1. The maximum Gasteiger partial charge on any atom is 0.398 e. The molecule has 1 aromatic rings. The van der Waals surface area contributed by atoms with Crippen LogP contribution in [0.5, 0.6) is 0 Å². The van der Waals surface area contributed by atoms with E-state index in [1.54, 1.807) is 26.0 Å². The van der Waals surface area contributed by atoms with Crippen molar-refractivity contribution in [1.29, 1.82) is 0 Å². The summed E-state index contributed by atoms with van der Waals surface area (Å²) < 4.78 is 10.2. The second-order valence-corrected chi connectivity index (χ2v) is 4.46. The maximum atomic E-state index is 12.1. The number of carbonyl (C=O) groups excluding carboxylic acids is 3. The van der Waals surface area contributed by atoms with Crippen LogP contribution in [0.3, 0.4) is 0 Å². The second-order valence-electron chi connectivity index (χ2n) is 4.46. The Morgan fingerprint density at radius 2 is 2.00 bits per heavy atom. The molecule has 0 saturated carbocycles. The molecule has 0 bridgehead atoms. The van der Waals surface area contributed by atoms with E-state index in [-0.39, 0.29) is 6.61 Å². The van der Waals surface area contributed by atoms with E-state index >= 15 is 0 Å². The average molecular weight is 304 g/mol. The lowest BCUT2D eigenvalue weighted by molar-refractivity contribution is -0.162. The van der Waals surface area contributed by atoms with Crippen LogP contribution in [0, 0.1) is 0 Å². The van der Waals surface area contributed by atoms with Gasteiger partial charge in [0.2, 0.25) is 0 Å². The average Bonchev–Trinajstić information content (AvgIpc) is 2.51. The molecular weight excluding hydrogens is 288 g/mol. The predicted octanol–water partition coefficient (Wildman–Crippen LogP) is 0.827. The minimum atomic E-state index is -1.06. The van der Waals surface area contributed by atoms with Crippen LogP contribution in [0.2, 0.25) is 0 Å². The molecule has 1 aromatic carbocycles. The first-order chi connectivity index (χ1) is 10.5. The molecule has 1 heterocycles. The second kappa shape index (κ2) is 6.75. The minimum absolute atomic E-state index is 0.0737. The summed E-state index contributed by atoms with van der Waals surface area (Å²) in [6, 6.07) is 9.11. The molecule has 7 heteroatoms. The molecule has 0 fully saturated rings. The quantitative estimate of drug-likeness (QED) is 0.660. The van der Waals surface area contributed by atoms with E-state index in [4.69, 9.17) is 4.74 Å². The Balaban J connectivity index is 2.11. The van der Waals surface area contributed by atoms with E-state index in [0.29, 0.717) is 5.76 Å². The lowest BCUT2D eigenvalue weighted by atomic mass is 10.1. The molecule has 0 spiro atoms. The van der Waals surface area contributed by atoms with Gasteiger partial charge < -0.3 is 9.47 Å². The molecule has 1 atom stereocenters. The number of ether oxygens (including phenoxy) is 2. The number of nitrogens with zero attached hydrogens (tertiary/aromatic N) is 1. The fraction of sp³-hybridized carbons (Fsp3) is 0.267. The van der Waals surface area contributed by atoms with Gasteiger partial charge in [-0.05, 0) is 13.8 Å². The fourth-order valence-electron chi connectivity index (χ4n) is 1.88. The topological polar surface area (TPSA) is 84.9 Å². The van der Waals surface area contributed by atoms with E-state index in [1.807, 2.05) is 18.2 Å². The van der Waals surface area contributed by atoms with Crippen LogP contribution < -0.4 is 5.43 Å². The summed E-state index contributed by atoms with van der Waals surface area (Å²) in [5.74, 6) is -2.17. The van der Waals surface area contributed by atoms with Gasteiger partial charge in [-0.25, -0.2) is 9.80 Å². The Bertz CT molecular complexity index is 612. The van der Waals surface area contributed by atoms with Gasteiger partial charge in [0.05, 0.1) is 6.61 Å². The Morgan fingerprint density at radius 3 is 2.59 bits per heavy atom. The molecular formula is C15H16N2O5. The highest BCUT2D eigenvalue weighted by Crippen LogP contribution is 2.22. The molecule has 0 unspecified atom stereocenters. The largest absolute Gasteiger partial charge is 0.468 e. The summed E-state index contributed by atoms with van der Waals surface area (Å²) in [5, 5.41) is 0.936. The smallest absolute Gasteiger partial charge is 0.398 e. The van der Waals surface area contributed by atoms with Gasteiger partial charge >= 0.3 is 11.9 Å². The van der Waals surface area contributed by atoms with E-state index in [0.717, 1.165) is 10.6 Å². The molecule has 0 aromatic heterocycles. The Morgan fingerprint density at radius 1 is 1.32 bits per heavy atom. The SMILES string of the molecule is CCOC(=O)C(=O)NN1C(=O)C=C(c2ccccc2)O[C@@H]1C. The van der Waals surface area contributed by atoms with Crippen molar-refractivity contribution in [2.24, 2.45) is 0 Å². The summed E-state index contributed by atoms with van der Waals surface area (Å²) >= 11 is 0. The summed E-state index contributed by atoms with van der Waals surface area (Å²) in [6.07, 6.45) is 0.493. The zero-order chi connectivity index (χ0) is 16.1. The molecule has 1 N–H and O–H groups in total. The molecule has 1 aliphatic heterocycles. The first-order valence-corrected chi connectivity index (χ1v) is 6.77. The lowest BCUT2D eigenvalue weighted by Crippen LogP contribution is -2.54. The van der Waals surface area contributed by atoms with Gasteiger partial charge in [0.25, 0.3) is 5.91 Å². The third kappa shape index (κ3) is 3.43. The monoisotopic (exact) mass is 304 g/mol. The molecule has 0 saturated heterocycles. The summed E-state index contributed by atoms with van der Waals surface area (Å²) in [5.41, 5.74) is 2.92. The highest BCUT2D eigenvalue weighted by molar-refractivity contribution is 6.32. The van der Waals surface area contributed by atoms with E-state index in [2.05, 4.69) is 10.2 Å². The molecule has 2 amide bonds. The van der Waals surface area contributed by atoms with Gasteiger partial charge in [0.1, 0.15) is 5.76 Å². The molecule has 7 nitrogen and oxygen atoms in total. The minimum Gasteiger partial charge on any atom is -0.468 e. The Hall–Kier alpha value is -2.83. The van der Waals surface area contributed by atoms with Crippen molar-refractivity contribution in [1.82, 2.24) is 10.4 Å². The number of benzene rings is 1. The van der Waals surface area contributed by atoms with Crippen molar-refractivity contribution < 1.29 is 23.9 Å². The van der Waals surface area contributed by atoms with Crippen LogP contribution in [-0.2, 0) is 23.9 Å². The summed E-state index contributed by atoms with van der Waals surface area (Å²) in [7, 11) is 0. The van der Waals surface area contributed by atoms with Crippen LogP contribution in [0.25, 0.3) is 5.76 Å². The number of nitrogens with one attached hydrogen (secondary N) is 1. The summed E-state index contributed by atoms with van der Waals surface area (Å²) in [6.45, 7) is 3.24. The lowest BCUT2D eigenvalue weighted by Gasteiger charge is -2.32. The molecule has 0 aliphatic carbocycles. The van der Waals surface area contributed by atoms with E-state index in [1.165, 1.54) is 6.08 Å². The van der Waals surface area contributed by atoms with Gasteiger partial charge in [-0.3, -0.25) is 15.0 Å². The Kier molecular flexibility index (Phi) is 4.77. The highest BCUT2D eigenvalue weighted by Gasteiger charge is 2.30. The van der Waals surface area contributed by atoms with Crippen molar-refractivity contribution in [2.45, 2.75) is 20.1 Å². The van der Waals surface area contributed by atoms with Crippen molar-refractivity contribution in [3.63, 3.8) is 0 Å². The molecule has 1 aliphatic rings. The Labute approximate surface area is 127 Å². The van der Waals surface area contributed by atoms with Crippen LogP contribution in [0.4, 0.5) is 0 Å². The predicted molar refractivity (Wildman–Crippen MR) is 76.6 cm³/mol. The molecule has 116 valence electrons. The fourth-order valence-corrected chi connectivity index (χ4v) is 1.88. The van der Waals surface area contributed by atoms with Gasteiger partial charge in [0.15, 0.2) is 6.23 Å². The first-order valence-electron chi connectivity index (χ1n) is 6.77. The third-order valence-electron chi connectivity index (χ3n) is 2.89. The number of hydrogen-bond acceptors (Lipinski definition) is 5. The van der Waals surface area contributed by atoms with Crippen molar-refractivity contribution in [2.75, 3.05) is 6.61 Å². The number of carbonyl (C=O) groups is 3. The van der Waals surface area contributed by atoms with E-state index in [9.17, 15) is 14.4 Å². The van der Waals surface area contributed by atoms with Gasteiger partial charge in [-0.2, -0.15) is 0 Å². The van der Waals surface area contributed by atoms with Crippen LogP contribution in [0.15, 0.2) is 36.4 Å². The van der Waals surface area contributed by atoms with Gasteiger partial charge in [-0.15, -0.1) is 0 Å². The van der Waals surface area contributed by atoms with Crippen LogP contribution in [-0.4, -0.2) is 35.6 Å². The highest BCUT2D eigenvalue weighted by atomic mass is 16.5. The number of amides is 2. The summed E-state index contributed by atoms with van der Waals surface area (Å²) in [4.78, 5) is 35.0. The molecule has 22 heavy (non-hydrogen) atoms. The van der Waals surface area contributed by atoms with Crippen molar-refractivity contribution in [3.05, 3.63) is 42.0 Å². The first kappa shape index (κ1) is 15.6. The van der Waals surface area contributed by atoms with Crippen molar-refractivity contribution in [3.8, 4) is 0 Å². The third-order valence-corrected chi connectivity index (χ3v) is 2.89.